The summed E-state index contributed by atoms with van der Waals surface area (Å²) in [6.07, 6.45) is 2.29. The third-order valence-corrected chi connectivity index (χ3v) is 4.31. The van der Waals surface area contributed by atoms with Crippen LogP contribution in [0.5, 0.6) is 17.2 Å². The van der Waals surface area contributed by atoms with E-state index in [4.69, 9.17) is 26.4 Å². The second kappa shape index (κ2) is 9.18. The number of hydrogen-bond donors (Lipinski definition) is 1. The Morgan fingerprint density at radius 2 is 1.89 bits per heavy atom. The number of hydrogen-bond acceptors (Lipinski definition) is 6. The van der Waals surface area contributed by atoms with Gasteiger partial charge in [-0.05, 0) is 60.6 Å². The lowest BCUT2D eigenvalue weighted by molar-refractivity contribution is 0.311. The van der Waals surface area contributed by atoms with Crippen molar-refractivity contribution < 1.29 is 14.2 Å². The summed E-state index contributed by atoms with van der Waals surface area (Å²) >= 11 is 5.31. The van der Waals surface area contributed by atoms with Crippen molar-refractivity contribution in [1.29, 1.82) is 0 Å². The lowest BCUT2D eigenvalue weighted by atomic mass is 10.1. The van der Waals surface area contributed by atoms with Crippen molar-refractivity contribution in [3.63, 3.8) is 0 Å². The SMILES string of the molecule is CCOc1ccc(/C=N\n2c(Cc3ccc(OC)cc3)n[nH]c2=S)cc1OC. The molecule has 0 aliphatic carbocycles. The zero-order chi connectivity index (χ0) is 19.9. The summed E-state index contributed by atoms with van der Waals surface area (Å²) in [6, 6.07) is 13.4. The zero-order valence-electron chi connectivity index (χ0n) is 16.0. The van der Waals surface area contributed by atoms with E-state index in [1.54, 1.807) is 25.1 Å². The van der Waals surface area contributed by atoms with E-state index in [1.807, 2.05) is 49.4 Å². The number of benzene rings is 2. The number of methoxy groups -OCH3 is 2. The minimum atomic E-state index is 0.428. The monoisotopic (exact) mass is 398 g/mol. The molecule has 2 aromatic carbocycles. The first kappa shape index (κ1) is 19.6. The molecular weight excluding hydrogens is 376 g/mol. The molecule has 8 heteroatoms. The first-order valence-corrected chi connectivity index (χ1v) is 9.19. The van der Waals surface area contributed by atoms with Crippen molar-refractivity contribution in [2.24, 2.45) is 5.10 Å². The second-order valence-electron chi connectivity index (χ2n) is 5.87. The fourth-order valence-corrected chi connectivity index (χ4v) is 2.85. The van der Waals surface area contributed by atoms with Gasteiger partial charge in [0.25, 0.3) is 0 Å². The molecule has 0 aliphatic heterocycles. The highest BCUT2D eigenvalue weighted by Gasteiger charge is 2.08. The Balaban J connectivity index is 1.82. The topological polar surface area (TPSA) is 73.7 Å². The van der Waals surface area contributed by atoms with Gasteiger partial charge in [0.15, 0.2) is 17.3 Å². The molecule has 1 N–H and O–H groups in total. The van der Waals surface area contributed by atoms with Gasteiger partial charge in [0.05, 0.1) is 27.0 Å². The summed E-state index contributed by atoms with van der Waals surface area (Å²) in [4.78, 5) is 0. The van der Waals surface area contributed by atoms with Gasteiger partial charge in [-0.25, -0.2) is 0 Å². The molecule has 0 saturated heterocycles. The normalized spacial score (nSPS) is 11.0. The predicted molar refractivity (Wildman–Crippen MR) is 110 cm³/mol. The third-order valence-electron chi connectivity index (χ3n) is 4.05. The van der Waals surface area contributed by atoms with Crippen LogP contribution in [0.3, 0.4) is 0 Å². The molecule has 28 heavy (non-hydrogen) atoms. The van der Waals surface area contributed by atoms with Crippen molar-refractivity contribution in [1.82, 2.24) is 14.9 Å². The van der Waals surface area contributed by atoms with Crippen LogP contribution < -0.4 is 14.2 Å². The standard InChI is InChI=1S/C20H22N4O3S/c1-4-27-17-10-7-15(11-18(17)26-3)13-21-24-19(22-23-20(24)28)12-14-5-8-16(25-2)9-6-14/h5-11,13H,4,12H2,1-3H3,(H,23,28)/b21-13-. The van der Waals surface area contributed by atoms with E-state index in [9.17, 15) is 0 Å². The van der Waals surface area contributed by atoms with E-state index in [2.05, 4.69) is 15.3 Å². The smallest absolute Gasteiger partial charge is 0.216 e. The summed E-state index contributed by atoms with van der Waals surface area (Å²) in [5.41, 5.74) is 1.94. The summed E-state index contributed by atoms with van der Waals surface area (Å²) in [5, 5.41) is 11.6. The van der Waals surface area contributed by atoms with Gasteiger partial charge in [-0.15, -0.1) is 0 Å². The summed E-state index contributed by atoms with van der Waals surface area (Å²) < 4.78 is 18.2. The average Bonchev–Trinajstić information content (AvgIpc) is 3.07. The van der Waals surface area contributed by atoms with E-state index in [1.165, 1.54) is 0 Å². The molecule has 3 rings (SSSR count). The molecule has 146 valence electrons. The Hall–Kier alpha value is -3.13. The van der Waals surface area contributed by atoms with Crippen LogP contribution in [0, 0.1) is 4.77 Å². The van der Waals surface area contributed by atoms with E-state index >= 15 is 0 Å². The lowest BCUT2D eigenvalue weighted by Gasteiger charge is -2.09. The molecule has 7 nitrogen and oxygen atoms in total. The molecular formula is C20H22N4O3S. The van der Waals surface area contributed by atoms with Gasteiger partial charge in [0.1, 0.15) is 5.75 Å². The van der Waals surface area contributed by atoms with Gasteiger partial charge in [0.2, 0.25) is 4.77 Å². The summed E-state index contributed by atoms with van der Waals surface area (Å²) in [6.45, 7) is 2.50. The second-order valence-corrected chi connectivity index (χ2v) is 6.26. The van der Waals surface area contributed by atoms with Gasteiger partial charge in [-0.3, -0.25) is 5.10 Å². The highest BCUT2D eigenvalue weighted by atomic mass is 32.1. The van der Waals surface area contributed by atoms with E-state index in [0.717, 1.165) is 16.9 Å². The van der Waals surface area contributed by atoms with Crippen LogP contribution in [-0.4, -0.2) is 41.9 Å². The largest absolute Gasteiger partial charge is 0.497 e. The Kier molecular flexibility index (Phi) is 6.44. The molecule has 0 radical (unpaired) electrons. The molecule has 0 fully saturated rings. The maximum Gasteiger partial charge on any atom is 0.216 e. The molecule has 1 heterocycles. The van der Waals surface area contributed by atoms with Crippen LogP contribution in [0.4, 0.5) is 0 Å². The molecule has 0 saturated carbocycles. The Bertz CT molecular complexity index is 1010. The maximum atomic E-state index is 5.54. The van der Waals surface area contributed by atoms with Gasteiger partial charge in [-0.2, -0.15) is 14.9 Å². The highest BCUT2D eigenvalue weighted by molar-refractivity contribution is 7.71. The van der Waals surface area contributed by atoms with Gasteiger partial charge in [-0.1, -0.05) is 12.1 Å². The van der Waals surface area contributed by atoms with Crippen molar-refractivity contribution in [2.45, 2.75) is 13.3 Å². The first-order valence-electron chi connectivity index (χ1n) is 8.79. The molecule has 0 spiro atoms. The molecule has 0 bridgehead atoms. The number of rotatable bonds is 8. The number of aromatic amines is 1. The van der Waals surface area contributed by atoms with E-state index in [0.29, 0.717) is 35.1 Å². The van der Waals surface area contributed by atoms with Crippen molar-refractivity contribution >= 4 is 18.4 Å². The number of ether oxygens (including phenoxy) is 3. The van der Waals surface area contributed by atoms with Crippen molar-refractivity contribution in [3.8, 4) is 17.2 Å². The van der Waals surface area contributed by atoms with Crippen LogP contribution in [0.25, 0.3) is 0 Å². The fraction of sp³-hybridized carbons (Fsp3) is 0.250. The van der Waals surface area contributed by atoms with E-state index in [-0.39, 0.29) is 0 Å². The van der Waals surface area contributed by atoms with Gasteiger partial charge >= 0.3 is 0 Å². The predicted octanol–water partition coefficient (Wildman–Crippen LogP) is 3.83. The number of aromatic nitrogens is 3. The molecule has 3 aromatic rings. The van der Waals surface area contributed by atoms with Crippen LogP contribution in [0.1, 0.15) is 23.9 Å². The number of nitrogens with one attached hydrogen (secondary N) is 1. The Morgan fingerprint density at radius 3 is 2.57 bits per heavy atom. The summed E-state index contributed by atoms with van der Waals surface area (Å²) in [5.74, 6) is 2.87. The lowest BCUT2D eigenvalue weighted by Crippen LogP contribution is -2.01. The van der Waals surface area contributed by atoms with Crippen LogP contribution in [0.2, 0.25) is 0 Å². The quantitative estimate of drug-likeness (QED) is 0.461. The van der Waals surface area contributed by atoms with E-state index < -0.39 is 0 Å². The zero-order valence-corrected chi connectivity index (χ0v) is 16.8. The fourth-order valence-electron chi connectivity index (χ4n) is 2.65. The van der Waals surface area contributed by atoms with Crippen LogP contribution in [0.15, 0.2) is 47.6 Å². The molecule has 0 atom stereocenters. The maximum absolute atomic E-state index is 5.54. The number of nitrogens with zero attached hydrogens (tertiary/aromatic N) is 3. The first-order chi connectivity index (χ1) is 13.6. The molecule has 1 aromatic heterocycles. The van der Waals surface area contributed by atoms with Gasteiger partial charge in [0, 0.05) is 6.42 Å². The minimum absolute atomic E-state index is 0.428. The average molecular weight is 398 g/mol. The van der Waals surface area contributed by atoms with Crippen molar-refractivity contribution in [2.75, 3.05) is 20.8 Å². The minimum Gasteiger partial charge on any atom is -0.497 e. The van der Waals surface area contributed by atoms with Crippen LogP contribution in [-0.2, 0) is 6.42 Å². The van der Waals surface area contributed by atoms with Crippen LogP contribution >= 0.6 is 12.2 Å². The van der Waals surface area contributed by atoms with Crippen molar-refractivity contribution in [3.05, 3.63) is 64.2 Å². The Morgan fingerprint density at radius 1 is 1.11 bits per heavy atom. The van der Waals surface area contributed by atoms with Gasteiger partial charge < -0.3 is 14.2 Å². The molecule has 0 unspecified atom stereocenters. The molecule has 0 aliphatic rings. The summed E-state index contributed by atoms with van der Waals surface area (Å²) in [7, 11) is 3.25. The number of H-pyrrole nitrogens is 1. The third kappa shape index (κ3) is 4.58. The Labute approximate surface area is 168 Å². The highest BCUT2D eigenvalue weighted by Crippen LogP contribution is 2.27. The molecule has 0 amide bonds.